The van der Waals surface area contributed by atoms with E-state index >= 15 is 0 Å². The molecular formula is C21H36IN9. The minimum absolute atomic E-state index is 0. The van der Waals surface area contributed by atoms with Gasteiger partial charge in [0.25, 0.3) is 0 Å². The first-order valence-electron chi connectivity index (χ1n) is 10.9. The molecule has 1 aliphatic rings. The zero-order valence-corrected chi connectivity index (χ0v) is 21.2. The van der Waals surface area contributed by atoms with Crippen LogP contribution in [-0.2, 0) is 6.54 Å². The number of nitrogens with zero attached hydrogens (tertiary/aromatic N) is 7. The van der Waals surface area contributed by atoms with Crippen LogP contribution in [0.5, 0.6) is 0 Å². The zero-order chi connectivity index (χ0) is 21.2. The molecule has 0 unspecified atom stereocenters. The third kappa shape index (κ3) is 8.24. The molecule has 3 heterocycles. The lowest BCUT2D eigenvalue weighted by Crippen LogP contribution is -2.47. The van der Waals surface area contributed by atoms with Crippen LogP contribution in [-0.4, -0.2) is 83.5 Å². The number of guanidine groups is 1. The summed E-state index contributed by atoms with van der Waals surface area (Å²) in [7, 11) is 1.82. The van der Waals surface area contributed by atoms with Gasteiger partial charge in [-0.2, -0.15) is 5.10 Å². The van der Waals surface area contributed by atoms with Gasteiger partial charge < -0.3 is 15.5 Å². The van der Waals surface area contributed by atoms with Crippen molar-refractivity contribution in [1.82, 2.24) is 35.3 Å². The Morgan fingerprint density at radius 2 is 1.65 bits per heavy atom. The van der Waals surface area contributed by atoms with E-state index in [2.05, 4.69) is 58.2 Å². The fourth-order valence-corrected chi connectivity index (χ4v) is 3.69. The Hall–Kier alpha value is -1.95. The van der Waals surface area contributed by atoms with Gasteiger partial charge in [0, 0.05) is 70.9 Å². The molecule has 0 atom stereocenters. The number of hydrogen-bond donors (Lipinski definition) is 2. The lowest BCUT2D eigenvalue weighted by Gasteiger charge is -2.34. The zero-order valence-electron chi connectivity index (χ0n) is 18.9. The molecule has 1 fully saturated rings. The van der Waals surface area contributed by atoms with Crippen LogP contribution < -0.4 is 15.5 Å². The van der Waals surface area contributed by atoms with Gasteiger partial charge in [0.15, 0.2) is 5.96 Å². The van der Waals surface area contributed by atoms with Crippen molar-refractivity contribution in [3.8, 4) is 0 Å². The van der Waals surface area contributed by atoms with Crippen molar-refractivity contribution in [2.45, 2.75) is 33.2 Å². The van der Waals surface area contributed by atoms with Crippen LogP contribution in [0, 0.1) is 13.8 Å². The molecule has 9 nitrogen and oxygen atoms in total. The Labute approximate surface area is 202 Å². The predicted molar refractivity (Wildman–Crippen MR) is 136 cm³/mol. The van der Waals surface area contributed by atoms with Crippen molar-refractivity contribution >= 4 is 35.9 Å². The molecule has 1 aliphatic heterocycles. The first-order valence-corrected chi connectivity index (χ1v) is 10.9. The summed E-state index contributed by atoms with van der Waals surface area (Å²) in [5.41, 5.74) is 2.29. The molecule has 10 heteroatoms. The highest BCUT2D eigenvalue weighted by Gasteiger charge is 2.18. The smallest absolute Gasteiger partial charge is 0.225 e. The van der Waals surface area contributed by atoms with E-state index in [4.69, 9.17) is 0 Å². The second-order valence-corrected chi connectivity index (χ2v) is 7.66. The molecule has 0 aromatic carbocycles. The van der Waals surface area contributed by atoms with Gasteiger partial charge in [-0.1, -0.05) is 0 Å². The average Bonchev–Trinajstić information content (AvgIpc) is 3.10. The summed E-state index contributed by atoms with van der Waals surface area (Å²) in [5, 5.41) is 11.3. The SMILES string of the molecule is CN=C(NCCCN1CCN(c2ncccn2)CC1)NCCCn1nc(C)cc1C.I. The summed E-state index contributed by atoms with van der Waals surface area (Å²) in [6.45, 7) is 12.0. The van der Waals surface area contributed by atoms with E-state index in [0.717, 1.165) is 82.8 Å². The number of aliphatic imine (C=N–C) groups is 1. The van der Waals surface area contributed by atoms with Crippen LogP contribution in [0.3, 0.4) is 0 Å². The maximum absolute atomic E-state index is 4.50. The number of piperazine rings is 1. The van der Waals surface area contributed by atoms with Gasteiger partial charge in [-0.25, -0.2) is 9.97 Å². The van der Waals surface area contributed by atoms with Gasteiger partial charge >= 0.3 is 0 Å². The normalized spacial score (nSPS) is 14.9. The van der Waals surface area contributed by atoms with Crippen molar-refractivity contribution in [2.24, 2.45) is 4.99 Å². The summed E-state index contributed by atoms with van der Waals surface area (Å²) in [6.07, 6.45) is 5.72. The number of rotatable bonds is 9. The van der Waals surface area contributed by atoms with E-state index in [1.165, 1.54) is 5.69 Å². The topological polar surface area (TPSA) is 86.5 Å². The van der Waals surface area contributed by atoms with E-state index in [1.807, 2.05) is 20.0 Å². The number of halogens is 1. The standard InChI is InChI=1S/C21H35N9.HI/c1-18-17-19(2)30(27-18)12-6-10-24-20(22-3)23-9-5-11-28-13-15-29(16-14-28)21-25-7-4-8-26-21;/h4,7-8,17H,5-6,9-16H2,1-3H3,(H2,22,23,24);1H. The highest BCUT2D eigenvalue weighted by molar-refractivity contribution is 14.0. The molecule has 2 N–H and O–H groups in total. The molecule has 172 valence electrons. The quantitative estimate of drug-likeness (QED) is 0.216. The van der Waals surface area contributed by atoms with Crippen LogP contribution in [0.15, 0.2) is 29.5 Å². The monoisotopic (exact) mass is 541 g/mol. The summed E-state index contributed by atoms with van der Waals surface area (Å²) < 4.78 is 2.07. The molecule has 2 aromatic heterocycles. The van der Waals surface area contributed by atoms with Crippen LogP contribution in [0.2, 0.25) is 0 Å². The lowest BCUT2D eigenvalue weighted by atomic mass is 10.3. The van der Waals surface area contributed by atoms with Gasteiger partial charge in [0.1, 0.15) is 0 Å². The predicted octanol–water partition coefficient (Wildman–Crippen LogP) is 1.68. The van der Waals surface area contributed by atoms with Crippen molar-refractivity contribution in [1.29, 1.82) is 0 Å². The minimum Gasteiger partial charge on any atom is -0.356 e. The van der Waals surface area contributed by atoms with Gasteiger partial charge in [0.2, 0.25) is 5.95 Å². The Morgan fingerprint density at radius 1 is 1.00 bits per heavy atom. The van der Waals surface area contributed by atoms with Crippen LogP contribution in [0.25, 0.3) is 0 Å². The van der Waals surface area contributed by atoms with Crippen LogP contribution in [0.4, 0.5) is 5.95 Å². The van der Waals surface area contributed by atoms with E-state index in [-0.39, 0.29) is 24.0 Å². The van der Waals surface area contributed by atoms with E-state index in [1.54, 1.807) is 12.4 Å². The maximum Gasteiger partial charge on any atom is 0.225 e. The Morgan fingerprint density at radius 3 is 2.23 bits per heavy atom. The van der Waals surface area contributed by atoms with Crippen molar-refractivity contribution in [2.75, 3.05) is 57.8 Å². The Balaban J connectivity index is 0.00000341. The molecule has 1 saturated heterocycles. The second-order valence-electron chi connectivity index (χ2n) is 7.66. The average molecular weight is 541 g/mol. The van der Waals surface area contributed by atoms with Crippen molar-refractivity contribution in [3.63, 3.8) is 0 Å². The molecular weight excluding hydrogens is 505 g/mol. The number of nitrogens with one attached hydrogen (secondary N) is 2. The first kappa shape index (κ1) is 25.3. The molecule has 0 bridgehead atoms. The highest BCUT2D eigenvalue weighted by atomic mass is 127. The molecule has 0 radical (unpaired) electrons. The molecule has 2 aromatic rings. The summed E-state index contributed by atoms with van der Waals surface area (Å²) in [6, 6.07) is 3.97. The van der Waals surface area contributed by atoms with Crippen molar-refractivity contribution < 1.29 is 0 Å². The molecule has 0 spiro atoms. The molecule has 0 aliphatic carbocycles. The number of aromatic nitrogens is 4. The van der Waals surface area contributed by atoms with E-state index in [0.29, 0.717) is 0 Å². The third-order valence-electron chi connectivity index (χ3n) is 5.32. The minimum atomic E-state index is 0. The lowest BCUT2D eigenvalue weighted by molar-refractivity contribution is 0.254. The summed E-state index contributed by atoms with van der Waals surface area (Å²) >= 11 is 0. The Kier molecular flexibility index (Phi) is 11.0. The van der Waals surface area contributed by atoms with Gasteiger partial charge in [0.05, 0.1) is 5.69 Å². The highest BCUT2D eigenvalue weighted by Crippen LogP contribution is 2.09. The van der Waals surface area contributed by atoms with Gasteiger partial charge in [-0.15, -0.1) is 24.0 Å². The molecule has 31 heavy (non-hydrogen) atoms. The number of aryl methyl sites for hydroxylation is 3. The van der Waals surface area contributed by atoms with Gasteiger partial charge in [-0.05, 0) is 45.4 Å². The van der Waals surface area contributed by atoms with E-state index in [9.17, 15) is 0 Å². The molecule has 0 amide bonds. The fraction of sp³-hybridized carbons (Fsp3) is 0.619. The molecule has 0 saturated carbocycles. The maximum atomic E-state index is 4.50. The van der Waals surface area contributed by atoms with Crippen LogP contribution in [0.1, 0.15) is 24.2 Å². The molecule has 3 rings (SSSR count). The largest absolute Gasteiger partial charge is 0.356 e. The van der Waals surface area contributed by atoms with Crippen molar-refractivity contribution in [3.05, 3.63) is 35.9 Å². The third-order valence-corrected chi connectivity index (χ3v) is 5.32. The summed E-state index contributed by atoms with van der Waals surface area (Å²) in [5.74, 6) is 1.71. The van der Waals surface area contributed by atoms with Crippen LogP contribution >= 0.6 is 24.0 Å². The fourth-order valence-electron chi connectivity index (χ4n) is 3.69. The number of anilines is 1. The Bertz CT molecular complexity index is 785. The van der Waals surface area contributed by atoms with E-state index < -0.39 is 0 Å². The second kappa shape index (κ2) is 13.5. The van der Waals surface area contributed by atoms with Gasteiger partial charge in [-0.3, -0.25) is 14.6 Å². The summed E-state index contributed by atoms with van der Waals surface area (Å²) in [4.78, 5) is 17.8. The number of hydrogen-bond acceptors (Lipinski definition) is 6. The first-order chi connectivity index (χ1) is 14.7.